The van der Waals surface area contributed by atoms with E-state index in [1.165, 1.54) is 12.3 Å². The first-order chi connectivity index (χ1) is 7.13. The van der Waals surface area contributed by atoms with Crippen LogP contribution in [0.25, 0.3) is 6.08 Å². The van der Waals surface area contributed by atoms with Gasteiger partial charge in [0.25, 0.3) is 0 Å². The van der Waals surface area contributed by atoms with Crippen molar-refractivity contribution in [1.29, 1.82) is 0 Å². The van der Waals surface area contributed by atoms with Gasteiger partial charge in [-0.05, 0) is 24.6 Å². The number of aliphatic carboxylic acids is 1. The normalized spacial score (nSPS) is 11.1. The number of aromatic nitrogens is 1. The lowest BCUT2D eigenvalue weighted by atomic mass is 10.2. The number of rotatable bonds is 4. The van der Waals surface area contributed by atoms with Crippen molar-refractivity contribution in [3.63, 3.8) is 0 Å². The smallest absolute Gasteiger partial charge is 0.351 e. The van der Waals surface area contributed by atoms with Crippen molar-refractivity contribution in [3.05, 3.63) is 29.7 Å². The third-order valence-electron chi connectivity index (χ3n) is 1.61. The van der Waals surface area contributed by atoms with Gasteiger partial charge in [0.1, 0.15) is 11.4 Å². The molecule has 0 amide bonds. The molecule has 0 unspecified atom stereocenters. The van der Waals surface area contributed by atoms with Gasteiger partial charge in [-0.3, -0.25) is 4.98 Å². The van der Waals surface area contributed by atoms with Crippen LogP contribution >= 0.6 is 0 Å². The maximum atomic E-state index is 10.5. The molecule has 0 saturated carbocycles. The fraction of sp³-hybridized carbons (Fsp3) is 0.200. The zero-order valence-electron chi connectivity index (χ0n) is 8.30. The van der Waals surface area contributed by atoms with Crippen LogP contribution in [-0.4, -0.2) is 22.7 Å². The van der Waals surface area contributed by atoms with Crippen LogP contribution in [0.5, 0.6) is 5.75 Å². The van der Waals surface area contributed by atoms with Crippen molar-refractivity contribution >= 4 is 12.0 Å². The molecule has 0 aliphatic heterocycles. The molecular weight excluding hydrogens is 196 g/mol. The minimum Gasteiger partial charge on any atom is -0.492 e. The summed E-state index contributed by atoms with van der Waals surface area (Å²) in [6, 6.07) is 1.67. The third kappa shape index (κ3) is 3.30. The minimum atomic E-state index is -1.16. The molecule has 0 radical (unpaired) electrons. The van der Waals surface area contributed by atoms with Crippen LogP contribution in [0.2, 0.25) is 0 Å². The predicted molar refractivity (Wildman–Crippen MR) is 55.2 cm³/mol. The van der Waals surface area contributed by atoms with Crippen molar-refractivity contribution in [1.82, 2.24) is 4.98 Å². The first-order valence-electron chi connectivity index (χ1n) is 4.41. The van der Waals surface area contributed by atoms with Crippen LogP contribution in [0.15, 0.2) is 24.2 Å². The number of nitrogens with two attached hydrogens (primary N) is 1. The number of carbonyl (C=O) groups is 1. The average molecular weight is 208 g/mol. The fourth-order valence-electron chi connectivity index (χ4n) is 1.00. The predicted octanol–water partition coefficient (Wildman–Crippen LogP) is 0.865. The van der Waals surface area contributed by atoms with Gasteiger partial charge in [0.2, 0.25) is 0 Å². The molecule has 0 saturated heterocycles. The zero-order valence-corrected chi connectivity index (χ0v) is 8.30. The van der Waals surface area contributed by atoms with Crippen molar-refractivity contribution < 1.29 is 14.6 Å². The summed E-state index contributed by atoms with van der Waals surface area (Å²) in [6.45, 7) is 2.39. The van der Waals surface area contributed by atoms with Crippen molar-refractivity contribution in [3.8, 4) is 5.75 Å². The Morgan fingerprint density at radius 2 is 2.40 bits per heavy atom. The molecule has 1 rings (SSSR count). The Kier molecular flexibility index (Phi) is 3.68. The second-order valence-corrected chi connectivity index (χ2v) is 2.79. The van der Waals surface area contributed by atoms with E-state index < -0.39 is 5.97 Å². The first-order valence-corrected chi connectivity index (χ1v) is 4.41. The Bertz CT molecular complexity index is 388. The molecule has 5 heteroatoms. The first kappa shape index (κ1) is 11.0. The van der Waals surface area contributed by atoms with E-state index in [1.54, 1.807) is 12.3 Å². The Balaban J connectivity index is 2.91. The molecule has 0 fully saturated rings. The Morgan fingerprint density at radius 3 is 3.00 bits per heavy atom. The molecule has 1 heterocycles. The van der Waals surface area contributed by atoms with Crippen LogP contribution in [0.1, 0.15) is 12.5 Å². The van der Waals surface area contributed by atoms with E-state index in [1.807, 2.05) is 6.92 Å². The summed E-state index contributed by atoms with van der Waals surface area (Å²) in [7, 11) is 0. The van der Waals surface area contributed by atoms with Gasteiger partial charge < -0.3 is 15.6 Å². The maximum Gasteiger partial charge on any atom is 0.351 e. The van der Waals surface area contributed by atoms with Crippen LogP contribution in [0.4, 0.5) is 0 Å². The SMILES string of the molecule is CCOc1cncc(/C=C(/N)C(=O)O)c1. The highest BCUT2D eigenvalue weighted by Crippen LogP contribution is 2.12. The van der Waals surface area contributed by atoms with Crippen molar-refractivity contribution in [2.45, 2.75) is 6.92 Å². The molecule has 0 aliphatic rings. The molecule has 1 aromatic rings. The van der Waals surface area contributed by atoms with Crippen LogP contribution in [0, 0.1) is 0 Å². The van der Waals surface area contributed by atoms with Crippen LogP contribution in [0.3, 0.4) is 0 Å². The van der Waals surface area contributed by atoms with Gasteiger partial charge in [-0.15, -0.1) is 0 Å². The zero-order chi connectivity index (χ0) is 11.3. The van der Waals surface area contributed by atoms with Crippen molar-refractivity contribution in [2.24, 2.45) is 5.73 Å². The van der Waals surface area contributed by atoms with Gasteiger partial charge in [-0.1, -0.05) is 0 Å². The lowest BCUT2D eigenvalue weighted by molar-refractivity contribution is -0.132. The molecule has 80 valence electrons. The van der Waals surface area contributed by atoms with E-state index in [0.717, 1.165) is 0 Å². The van der Waals surface area contributed by atoms with E-state index in [9.17, 15) is 4.79 Å². The molecule has 0 atom stereocenters. The molecule has 5 nitrogen and oxygen atoms in total. The maximum absolute atomic E-state index is 10.5. The van der Waals surface area contributed by atoms with Gasteiger partial charge in [0, 0.05) is 6.20 Å². The van der Waals surface area contributed by atoms with Crippen LogP contribution < -0.4 is 10.5 Å². The van der Waals surface area contributed by atoms with Gasteiger partial charge in [-0.2, -0.15) is 0 Å². The summed E-state index contributed by atoms with van der Waals surface area (Å²) in [5.41, 5.74) is 5.63. The average Bonchev–Trinajstić information content (AvgIpc) is 2.18. The summed E-state index contributed by atoms with van der Waals surface area (Å²) in [5, 5.41) is 8.57. The lowest BCUT2D eigenvalue weighted by Gasteiger charge is -2.02. The topological polar surface area (TPSA) is 85.4 Å². The van der Waals surface area contributed by atoms with Crippen molar-refractivity contribution in [2.75, 3.05) is 6.61 Å². The van der Waals surface area contributed by atoms with E-state index in [-0.39, 0.29) is 5.70 Å². The molecule has 0 aromatic carbocycles. The monoisotopic (exact) mass is 208 g/mol. The van der Waals surface area contributed by atoms with Gasteiger partial charge in [0.05, 0.1) is 12.8 Å². The molecule has 0 spiro atoms. The quantitative estimate of drug-likeness (QED) is 0.717. The van der Waals surface area contributed by atoms with Crippen LogP contribution in [-0.2, 0) is 4.79 Å². The summed E-state index contributed by atoms with van der Waals surface area (Å²) < 4.78 is 5.21. The van der Waals surface area contributed by atoms with E-state index in [0.29, 0.717) is 17.9 Å². The fourth-order valence-corrected chi connectivity index (χ4v) is 1.00. The number of carboxylic acid groups (broad SMARTS) is 1. The second kappa shape index (κ2) is 4.99. The Morgan fingerprint density at radius 1 is 1.67 bits per heavy atom. The summed E-state index contributed by atoms with van der Waals surface area (Å²) in [6.07, 6.45) is 4.40. The number of pyridine rings is 1. The van der Waals surface area contributed by atoms with Gasteiger partial charge >= 0.3 is 5.97 Å². The second-order valence-electron chi connectivity index (χ2n) is 2.79. The summed E-state index contributed by atoms with van der Waals surface area (Å²) in [4.78, 5) is 14.4. The molecule has 1 aromatic heterocycles. The molecule has 3 N–H and O–H groups in total. The van der Waals surface area contributed by atoms with E-state index in [2.05, 4.69) is 4.98 Å². The molecule has 0 bridgehead atoms. The highest BCUT2D eigenvalue weighted by Gasteiger charge is 2.01. The molecule has 15 heavy (non-hydrogen) atoms. The summed E-state index contributed by atoms with van der Waals surface area (Å²) in [5.74, 6) is -0.568. The number of hydrogen-bond acceptors (Lipinski definition) is 4. The number of carboxylic acids is 1. The Hall–Kier alpha value is -2.04. The van der Waals surface area contributed by atoms with Gasteiger partial charge in [-0.25, -0.2) is 4.79 Å². The minimum absolute atomic E-state index is 0.231. The third-order valence-corrected chi connectivity index (χ3v) is 1.61. The number of nitrogens with zero attached hydrogens (tertiary/aromatic N) is 1. The number of hydrogen-bond donors (Lipinski definition) is 2. The highest BCUT2D eigenvalue weighted by molar-refractivity contribution is 5.90. The van der Waals surface area contributed by atoms with E-state index >= 15 is 0 Å². The Labute approximate surface area is 87.2 Å². The molecular formula is C10H12N2O3. The van der Waals surface area contributed by atoms with Gasteiger partial charge in [0.15, 0.2) is 0 Å². The number of ether oxygens (including phenoxy) is 1. The highest BCUT2D eigenvalue weighted by atomic mass is 16.5. The van der Waals surface area contributed by atoms with E-state index in [4.69, 9.17) is 15.6 Å². The largest absolute Gasteiger partial charge is 0.492 e. The standard InChI is InChI=1S/C10H12N2O3/c1-2-15-8-3-7(5-12-6-8)4-9(11)10(13)14/h3-6H,2,11H2,1H3,(H,13,14)/b9-4+. The molecule has 0 aliphatic carbocycles. The lowest BCUT2D eigenvalue weighted by Crippen LogP contribution is -2.09. The summed E-state index contributed by atoms with van der Waals surface area (Å²) >= 11 is 0.